The number of pyridine rings is 1. The molecule has 1 heterocycles. The zero-order chi connectivity index (χ0) is 12.1. The van der Waals surface area contributed by atoms with E-state index in [9.17, 15) is 0 Å². The highest BCUT2D eigenvalue weighted by Gasteiger charge is 2.31. The first kappa shape index (κ1) is 12.2. The van der Waals surface area contributed by atoms with E-state index in [0.29, 0.717) is 19.2 Å². The van der Waals surface area contributed by atoms with Crippen molar-refractivity contribution in [1.29, 1.82) is 0 Å². The van der Waals surface area contributed by atoms with Crippen molar-refractivity contribution < 1.29 is 9.84 Å². The molecular weight excluding hydrogens is 216 g/mol. The first-order chi connectivity index (χ1) is 8.36. The lowest BCUT2D eigenvalue weighted by molar-refractivity contribution is 0.297. The van der Waals surface area contributed by atoms with E-state index >= 15 is 0 Å². The molecule has 17 heavy (non-hydrogen) atoms. The highest BCUT2D eigenvalue weighted by molar-refractivity contribution is 5.53. The van der Waals surface area contributed by atoms with Crippen LogP contribution in [-0.4, -0.2) is 35.9 Å². The smallest absolute Gasteiger partial charge is 0.171 e. The van der Waals surface area contributed by atoms with E-state index in [4.69, 9.17) is 9.84 Å². The molecule has 0 spiro atoms. The molecule has 0 atom stereocenters. The number of hydrogen-bond acceptors (Lipinski definition) is 4. The molecule has 4 heteroatoms. The molecule has 0 unspecified atom stereocenters. The van der Waals surface area contributed by atoms with Crippen LogP contribution >= 0.6 is 0 Å². The molecule has 2 rings (SSSR count). The summed E-state index contributed by atoms with van der Waals surface area (Å²) in [6.07, 6.45) is 5.13. The highest BCUT2D eigenvalue weighted by Crippen LogP contribution is 2.35. The van der Waals surface area contributed by atoms with Crippen molar-refractivity contribution >= 4 is 5.82 Å². The molecule has 0 aliphatic heterocycles. The van der Waals surface area contributed by atoms with Crippen LogP contribution in [-0.2, 0) is 0 Å². The van der Waals surface area contributed by atoms with Gasteiger partial charge in [0, 0.05) is 18.8 Å². The van der Waals surface area contributed by atoms with Gasteiger partial charge < -0.3 is 14.7 Å². The summed E-state index contributed by atoms with van der Waals surface area (Å²) in [5.41, 5.74) is 0. The van der Waals surface area contributed by atoms with Crippen LogP contribution in [0.2, 0.25) is 0 Å². The predicted molar refractivity (Wildman–Crippen MR) is 67.5 cm³/mol. The van der Waals surface area contributed by atoms with E-state index in [0.717, 1.165) is 18.0 Å². The zero-order valence-electron chi connectivity index (χ0n) is 10.3. The molecule has 1 fully saturated rings. The number of anilines is 1. The lowest BCUT2D eigenvalue weighted by atomic mass is 10.3. The Labute approximate surface area is 102 Å². The average molecular weight is 236 g/mol. The van der Waals surface area contributed by atoms with Gasteiger partial charge in [0.05, 0.1) is 13.2 Å². The lowest BCUT2D eigenvalue weighted by Crippen LogP contribution is -2.30. The second kappa shape index (κ2) is 5.87. The van der Waals surface area contributed by atoms with Crippen LogP contribution in [0.3, 0.4) is 0 Å². The first-order valence-electron chi connectivity index (χ1n) is 6.32. The van der Waals surface area contributed by atoms with E-state index in [1.165, 1.54) is 12.8 Å². The Morgan fingerprint density at radius 3 is 3.00 bits per heavy atom. The van der Waals surface area contributed by atoms with Crippen LogP contribution in [0.15, 0.2) is 18.3 Å². The van der Waals surface area contributed by atoms with Gasteiger partial charge in [-0.15, -0.1) is 0 Å². The quantitative estimate of drug-likeness (QED) is 0.784. The molecule has 0 amide bonds. The summed E-state index contributed by atoms with van der Waals surface area (Å²) in [6.45, 7) is 3.57. The molecule has 1 aromatic heterocycles. The van der Waals surface area contributed by atoms with Crippen molar-refractivity contribution in [2.24, 2.45) is 0 Å². The Balaban J connectivity index is 2.15. The monoisotopic (exact) mass is 236 g/mol. The van der Waals surface area contributed by atoms with Gasteiger partial charge in [0.15, 0.2) is 11.6 Å². The van der Waals surface area contributed by atoms with Crippen molar-refractivity contribution in [2.75, 3.05) is 24.7 Å². The molecule has 1 saturated carbocycles. The number of aliphatic hydroxyl groups is 1. The first-order valence-corrected chi connectivity index (χ1v) is 6.32. The molecule has 1 aliphatic carbocycles. The summed E-state index contributed by atoms with van der Waals surface area (Å²) in [4.78, 5) is 6.56. The number of ether oxygens (including phenoxy) is 1. The third kappa shape index (κ3) is 3.09. The lowest BCUT2D eigenvalue weighted by Gasteiger charge is -2.24. The largest absolute Gasteiger partial charge is 0.490 e. The van der Waals surface area contributed by atoms with Gasteiger partial charge in [-0.05, 0) is 31.4 Å². The number of nitrogens with zero attached hydrogens (tertiary/aromatic N) is 2. The molecule has 0 saturated heterocycles. The fourth-order valence-electron chi connectivity index (χ4n) is 1.88. The Kier molecular flexibility index (Phi) is 4.20. The Bertz CT molecular complexity index is 353. The molecule has 4 nitrogen and oxygen atoms in total. The molecule has 0 radical (unpaired) electrons. The second-order valence-corrected chi connectivity index (χ2v) is 4.32. The maximum atomic E-state index is 9.13. The van der Waals surface area contributed by atoms with Gasteiger partial charge >= 0.3 is 0 Å². The van der Waals surface area contributed by atoms with Crippen molar-refractivity contribution in [1.82, 2.24) is 4.98 Å². The van der Waals surface area contributed by atoms with Crippen LogP contribution < -0.4 is 9.64 Å². The number of hydrogen-bond donors (Lipinski definition) is 1. The van der Waals surface area contributed by atoms with Crippen LogP contribution in [0, 0.1) is 0 Å². The van der Waals surface area contributed by atoms with Crippen LogP contribution in [0.4, 0.5) is 5.82 Å². The average Bonchev–Trinajstić information content (AvgIpc) is 3.18. The van der Waals surface area contributed by atoms with E-state index in [-0.39, 0.29) is 6.61 Å². The van der Waals surface area contributed by atoms with Crippen LogP contribution in [0.25, 0.3) is 0 Å². The Hall–Kier alpha value is -1.29. The Morgan fingerprint density at radius 1 is 1.53 bits per heavy atom. The molecule has 1 N–H and O–H groups in total. The number of aliphatic hydroxyl groups excluding tert-OH is 1. The van der Waals surface area contributed by atoms with Gasteiger partial charge in [0.25, 0.3) is 0 Å². The highest BCUT2D eigenvalue weighted by atomic mass is 16.5. The van der Waals surface area contributed by atoms with E-state index in [1.54, 1.807) is 6.20 Å². The van der Waals surface area contributed by atoms with Gasteiger partial charge in [-0.3, -0.25) is 0 Å². The second-order valence-electron chi connectivity index (χ2n) is 4.32. The van der Waals surface area contributed by atoms with Gasteiger partial charge in [-0.25, -0.2) is 4.98 Å². The maximum absolute atomic E-state index is 9.13. The topological polar surface area (TPSA) is 45.6 Å². The van der Waals surface area contributed by atoms with E-state index in [1.807, 2.05) is 12.1 Å². The molecule has 1 aliphatic rings. The third-order valence-electron chi connectivity index (χ3n) is 2.81. The summed E-state index contributed by atoms with van der Waals surface area (Å²) >= 11 is 0. The summed E-state index contributed by atoms with van der Waals surface area (Å²) in [7, 11) is 0. The summed E-state index contributed by atoms with van der Waals surface area (Å²) in [5, 5.41) is 9.13. The van der Waals surface area contributed by atoms with Crippen molar-refractivity contribution in [3.63, 3.8) is 0 Å². The van der Waals surface area contributed by atoms with Gasteiger partial charge in [-0.1, -0.05) is 6.92 Å². The summed E-state index contributed by atoms with van der Waals surface area (Å²) < 4.78 is 5.71. The fraction of sp³-hybridized carbons (Fsp3) is 0.615. The minimum Gasteiger partial charge on any atom is -0.490 e. The molecule has 0 aromatic carbocycles. The SMILES string of the molecule is CCCOc1cccnc1N(CCO)C1CC1. The van der Waals surface area contributed by atoms with Crippen molar-refractivity contribution in [3.05, 3.63) is 18.3 Å². The molecule has 0 bridgehead atoms. The van der Waals surface area contributed by atoms with Crippen LogP contribution in [0.1, 0.15) is 26.2 Å². The van der Waals surface area contributed by atoms with Gasteiger partial charge in [0.1, 0.15) is 0 Å². The van der Waals surface area contributed by atoms with Crippen molar-refractivity contribution in [2.45, 2.75) is 32.2 Å². The minimum absolute atomic E-state index is 0.153. The fourth-order valence-corrected chi connectivity index (χ4v) is 1.88. The maximum Gasteiger partial charge on any atom is 0.171 e. The minimum atomic E-state index is 0.153. The van der Waals surface area contributed by atoms with Gasteiger partial charge in [-0.2, -0.15) is 0 Å². The van der Waals surface area contributed by atoms with E-state index in [2.05, 4.69) is 16.8 Å². The number of rotatable bonds is 7. The molecule has 94 valence electrons. The van der Waals surface area contributed by atoms with Crippen LogP contribution in [0.5, 0.6) is 5.75 Å². The molecule has 1 aromatic rings. The summed E-state index contributed by atoms with van der Waals surface area (Å²) in [5.74, 6) is 1.70. The third-order valence-corrected chi connectivity index (χ3v) is 2.81. The normalized spacial score (nSPS) is 14.7. The summed E-state index contributed by atoms with van der Waals surface area (Å²) in [6, 6.07) is 4.37. The Morgan fingerprint density at radius 2 is 2.35 bits per heavy atom. The van der Waals surface area contributed by atoms with Gasteiger partial charge in [0.2, 0.25) is 0 Å². The van der Waals surface area contributed by atoms with Crippen molar-refractivity contribution in [3.8, 4) is 5.75 Å². The zero-order valence-corrected chi connectivity index (χ0v) is 10.3. The molecular formula is C13H20N2O2. The number of aromatic nitrogens is 1. The van der Waals surface area contributed by atoms with E-state index < -0.39 is 0 Å². The predicted octanol–water partition coefficient (Wildman–Crippen LogP) is 1.83. The standard InChI is InChI=1S/C13H20N2O2/c1-2-10-17-12-4-3-7-14-13(12)15(8-9-16)11-5-6-11/h3-4,7,11,16H,2,5-6,8-10H2,1H3.